The van der Waals surface area contributed by atoms with Crippen LogP contribution in [0.15, 0.2) is 22.6 Å². The SMILES string of the molecule is CCCNC(CC)c1cc2c(Cl)cc(Cl)cc2o1. The molecule has 0 aliphatic carbocycles. The largest absolute Gasteiger partial charge is 0.459 e. The zero-order valence-corrected chi connectivity index (χ0v) is 12.1. The number of benzene rings is 1. The van der Waals surface area contributed by atoms with Crippen LogP contribution >= 0.6 is 23.2 Å². The number of rotatable bonds is 5. The molecule has 1 aromatic heterocycles. The third-order valence-electron chi connectivity index (χ3n) is 2.96. The first kappa shape index (κ1) is 13.7. The molecule has 4 heteroatoms. The minimum Gasteiger partial charge on any atom is -0.459 e. The molecular weight excluding hydrogens is 269 g/mol. The molecule has 0 fully saturated rings. The maximum absolute atomic E-state index is 6.16. The number of hydrogen-bond donors (Lipinski definition) is 1. The molecule has 0 aliphatic rings. The lowest BCUT2D eigenvalue weighted by atomic mass is 10.1. The minimum absolute atomic E-state index is 0.229. The standard InChI is InChI=1S/C14H17Cl2NO/c1-3-5-17-12(4-2)14-8-10-11(16)6-9(15)7-13(10)18-14/h6-8,12,17H,3-5H2,1-2H3. The average Bonchev–Trinajstić information content (AvgIpc) is 2.74. The van der Waals surface area contributed by atoms with Gasteiger partial charge in [-0.25, -0.2) is 0 Å². The highest BCUT2D eigenvalue weighted by Gasteiger charge is 2.15. The van der Waals surface area contributed by atoms with Crippen molar-refractivity contribution in [1.82, 2.24) is 5.32 Å². The van der Waals surface area contributed by atoms with Crippen molar-refractivity contribution in [1.29, 1.82) is 0 Å². The lowest BCUT2D eigenvalue weighted by Gasteiger charge is -2.13. The summed E-state index contributed by atoms with van der Waals surface area (Å²) in [6, 6.07) is 5.78. The monoisotopic (exact) mass is 285 g/mol. The van der Waals surface area contributed by atoms with E-state index >= 15 is 0 Å². The fraction of sp³-hybridized carbons (Fsp3) is 0.429. The Morgan fingerprint density at radius 2 is 2.00 bits per heavy atom. The molecule has 0 aliphatic heterocycles. The summed E-state index contributed by atoms with van der Waals surface area (Å²) in [7, 11) is 0. The van der Waals surface area contributed by atoms with Gasteiger partial charge in [0.1, 0.15) is 11.3 Å². The topological polar surface area (TPSA) is 25.2 Å². The van der Waals surface area contributed by atoms with Gasteiger partial charge in [0.05, 0.1) is 11.1 Å². The molecule has 0 bridgehead atoms. The first-order chi connectivity index (χ1) is 8.65. The highest BCUT2D eigenvalue weighted by molar-refractivity contribution is 6.38. The van der Waals surface area contributed by atoms with Gasteiger partial charge in [0.2, 0.25) is 0 Å². The highest BCUT2D eigenvalue weighted by Crippen LogP contribution is 2.33. The van der Waals surface area contributed by atoms with Crippen molar-refractivity contribution >= 4 is 34.2 Å². The molecule has 0 saturated heterocycles. The van der Waals surface area contributed by atoms with Gasteiger partial charge < -0.3 is 9.73 Å². The molecule has 98 valence electrons. The molecule has 1 atom stereocenters. The Bertz CT molecular complexity index is 536. The van der Waals surface area contributed by atoms with Crippen LogP contribution in [-0.2, 0) is 0 Å². The Labute approximate surface area is 117 Å². The third-order valence-corrected chi connectivity index (χ3v) is 3.49. The second-order valence-corrected chi connectivity index (χ2v) is 5.21. The summed E-state index contributed by atoms with van der Waals surface area (Å²) in [6.07, 6.45) is 2.08. The highest BCUT2D eigenvalue weighted by atomic mass is 35.5. The van der Waals surface area contributed by atoms with E-state index in [4.69, 9.17) is 27.6 Å². The summed E-state index contributed by atoms with van der Waals surface area (Å²) in [5.74, 6) is 0.921. The number of fused-ring (bicyclic) bond motifs is 1. The summed E-state index contributed by atoms with van der Waals surface area (Å²) in [6.45, 7) is 5.26. The van der Waals surface area contributed by atoms with E-state index in [1.807, 2.05) is 6.07 Å². The maximum Gasteiger partial charge on any atom is 0.137 e. The van der Waals surface area contributed by atoms with Gasteiger partial charge in [-0.1, -0.05) is 37.0 Å². The van der Waals surface area contributed by atoms with Gasteiger partial charge in [0.15, 0.2) is 0 Å². The van der Waals surface area contributed by atoms with Crippen molar-refractivity contribution in [2.75, 3.05) is 6.54 Å². The van der Waals surface area contributed by atoms with Gasteiger partial charge in [0.25, 0.3) is 0 Å². The van der Waals surface area contributed by atoms with Crippen molar-refractivity contribution in [2.45, 2.75) is 32.7 Å². The predicted octanol–water partition coefficient (Wildman–Crippen LogP) is 5.19. The van der Waals surface area contributed by atoms with Crippen LogP contribution in [0, 0.1) is 0 Å². The van der Waals surface area contributed by atoms with Crippen molar-refractivity contribution in [2.24, 2.45) is 0 Å². The quantitative estimate of drug-likeness (QED) is 0.818. The molecule has 2 nitrogen and oxygen atoms in total. The number of furan rings is 1. The fourth-order valence-electron chi connectivity index (χ4n) is 2.02. The molecule has 1 aromatic carbocycles. The number of hydrogen-bond acceptors (Lipinski definition) is 2. The summed E-state index contributed by atoms with van der Waals surface area (Å²) in [5, 5.41) is 5.62. The Morgan fingerprint density at radius 1 is 1.22 bits per heavy atom. The van der Waals surface area contributed by atoms with E-state index in [2.05, 4.69) is 19.2 Å². The van der Waals surface area contributed by atoms with Crippen LogP contribution in [0.5, 0.6) is 0 Å². The zero-order chi connectivity index (χ0) is 13.1. The zero-order valence-electron chi connectivity index (χ0n) is 10.6. The van der Waals surface area contributed by atoms with Gasteiger partial charge in [-0.3, -0.25) is 0 Å². The van der Waals surface area contributed by atoms with E-state index in [0.29, 0.717) is 10.0 Å². The summed E-state index contributed by atoms with van der Waals surface area (Å²) in [5.41, 5.74) is 0.749. The van der Waals surface area contributed by atoms with Crippen LogP contribution in [0.1, 0.15) is 38.5 Å². The molecule has 1 heterocycles. The predicted molar refractivity (Wildman–Crippen MR) is 77.6 cm³/mol. The van der Waals surface area contributed by atoms with Crippen molar-refractivity contribution < 1.29 is 4.42 Å². The minimum atomic E-state index is 0.229. The van der Waals surface area contributed by atoms with Crippen molar-refractivity contribution in [3.63, 3.8) is 0 Å². The fourth-order valence-corrected chi connectivity index (χ4v) is 2.55. The normalized spacial score (nSPS) is 13.1. The van der Waals surface area contributed by atoms with E-state index in [-0.39, 0.29) is 6.04 Å². The van der Waals surface area contributed by atoms with Crippen LogP contribution in [0.3, 0.4) is 0 Å². The van der Waals surface area contributed by atoms with Gasteiger partial charge in [0, 0.05) is 16.5 Å². The molecule has 2 rings (SSSR count). The van der Waals surface area contributed by atoms with Crippen LogP contribution in [0.25, 0.3) is 11.0 Å². The first-order valence-electron chi connectivity index (χ1n) is 6.27. The van der Waals surface area contributed by atoms with E-state index in [1.54, 1.807) is 12.1 Å². The van der Waals surface area contributed by atoms with Crippen LogP contribution in [0.2, 0.25) is 10.0 Å². The van der Waals surface area contributed by atoms with Gasteiger partial charge in [-0.05, 0) is 31.5 Å². The molecule has 0 spiro atoms. The Balaban J connectivity index is 2.36. The van der Waals surface area contributed by atoms with Gasteiger partial charge in [-0.15, -0.1) is 0 Å². The smallest absolute Gasteiger partial charge is 0.137 e. The third kappa shape index (κ3) is 2.82. The first-order valence-corrected chi connectivity index (χ1v) is 7.03. The van der Waals surface area contributed by atoms with Crippen LogP contribution in [0.4, 0.5) is 0 Å². The molecule has 18 heavy (non-hydrogen) atoms. The van der Waals surface area contributed by atoms with Crippen LogP contribution in [-0.4, -0.2) is 6.54 Å². The van der Waals surface area contributed by atoms with Crippen LogP contribution < -0.4 is 5.32 Å². The number of halogens is 2. The maximum atomic E-state index is 6.16. The van der Waals surface area contributed by atoms with E-state index < -0.39 is 0 Å². The second-order valence-electron chi connectivity index (χ2n) is 4.36. The van der Waals surface area contributed by atoms with E-state index in [9.17, 15) is 0 Å². The number of nitrogens with one attached hydrogen (secondary N) is 1. The molecule has 0 saturated carbocycles. The molecule has 2 aromatic rings. The van der Waals surface area contributed by atoms with Gasteiger partial charge >= 0.3 is 0 Å². The summed E-state index contributed by atoms with van der Waals surface area (Å²) in [4.78, 5) is 0. The Hall–Kier alpha value is -0.700. The molecular formula is C14H17Cl2NO. The lowest BCUT2D eigenvalue weighted by molar-refractivity contribution is 0.421. The lowest BCUT2D eigenvalue weighted by Crippen LogP contribution is -2.20. The average molecular weight is 286 g/mol. The van der Waals surface area contributed by atoms with Crippen molar-refractivity contribution in [3.05, 3.63) is 34.0 Å². The molecule has 1 unspecified atom stereocenters. The summed E-state index contributed by atoms with van der Waals surface area (Å²) < 4.78 is 5.85. The van der Waals surface area contributed by atoms with E-state index in [1.165, 1.54) is 0 Å². The van der Waals surface area contributed by atoms with Gasteiger partial charge in [-0.2, -0.15) is 0 Å². The summed E-state index contributed by atoms with van der Waals surface area (Å²) >= 11 is 12.1. The molecule has 1 N–H and O–H groups in total. The van der Waals surface area contributed by atoms with Crippen molar-refractivity contribution in [3.8, 4) is 0 Å². The Kier molecular flexibility index (Phi) is 4.55. The molecule has 0 radical (unpaired) electrons. The van der Waals surface area contributed by atoms with E-state index in [0.717, 1.165) is 36.1 Å². The molecule has 0 amide bonds. The second kappa shape index (κ2) is 5.96. The Morgan fingerprint density at radius 3 is 2.67 bits per heavy atom.